The molecule has 0 amide bonds. The summed E-state index contributed by atoms with van der Waals surface area (Å²) in [4.78, 5) is 0. The highest BCUT2D eigenvalue weighted by molar-refractivity contribution is 5.25. The van der Waals surface area contributed by atoms with Crippen molar-refractivity contribution in [2.24, 2.45) is 0 Å². The van der Waals surface area contributed by atoms with E-state index < -0.39 is 0 Å². The zero-order valence-electron chi connectivity index (χ0n) is 10.2. The topological polar surface area (TPSA) is 0 Å². The van der Waals surface area contributed by atoms with Crippen LogP contribution in [0.25, 0.3) is 0 Å². The molecule has 2 fully saturated rings. The molecule has 15 heavy (non-hydrogen) atoms. The van der Waals surface area contributed by atoms with Crippen molar-refractivity contribution in [2.45, 2.75) is 83.5 Å². The van der Waals surface area contributed by atoms with Crippen LogP contribution in [0.4, 0.5) is 0 Å². The summed E-state index contributed by atoms with van der Waals surface area (Å²) in [5.74, 6) is 0. The Morgan fingerprint density at radius 3 is 1.07 bits per heavy atom. The molecule has 0 aromatic heterocycles. The van der Waals surface area contributed by atoms with Crippen molar-refractivity contribution in [3.63, 3.8) is 0 Å². The maximum atomic E-state index is 1.87. The molecule has 0 aliphatic heterocycles. The first-order valence-electron chi connectivity index (χ1n) is 7.16. The van der Waals surface area contributed by atoms with Crippen molar-refractivity contribution in [3.05, 3.63) is 11.1 Å². The molecule has 2 saturated carbocycles. The minimum absolute atomic E-state index is 1.44. The maximum Gasteiger partial charge on any atom is -0.0280 e. The number of hydrogen-bond donors (Lipinski definition) is 0. The molecule has 2 rings (SSSR count). The summed E-state index contributed by atoms with van der Waals surface area (Å²) in [5, 5.41) is 0. The second-order valence-electron chi connectivity index (χ2n) is 5.39. The molecule has 0 aromatic carbocycles. The largest absolute Gasteiger partial charge is 0.0710 e. The number of rotatable bonds is 0. The Labute approximate surface area is 95.1 Å². The van der Waals surface area contributed by atoms with E-state index in [9.17, 15) is 0 Å². The van der Waals surface area contributed by atoms with E-state index in [1.54, 1.807) is 0 Å². The van der Waals surface area contributed by atoms with Crippen molar-refractivity contribution < 1.29 is 0 Å². The van der Waals surface area contributed by atoms with Crippen LogP contribution in [0.5, 0.6) is 0 Å². The second-order valence-corrected chi connectivity index (χ2v) is 5.39. The van der Waals surface area contributed by atoms with Gasteiger partial charge in [-0.1, -0.05) is 56.1 Å². The maximum absolute atomic E-state index is 1.87. The first-order valence-corrected chi connectivity index (χ1v) is 7.16. The molecule has 2 aliphatic carbocycles. The standard InChI is InChI=1S/C15H26/c1-2-4-6-8-10-14(15-12-13-15)11-9-7-5-3-1/h1-13H2. The van der Waals surface area contributed by atoms with Gasteiger partial charge < -0.3 is 0 Å². The van der Waals surface area contributed by atoms with E-state index in [1.807, 2.05) is 11.1 Å². The highest BCUT2D eigenvalue weighted by Gasteiger charge is 2.16. The van der Waals surface area contributed by atoms with Gasteiger partial charge in [-0.05, 0) is 38.5 Å². The molecule has 0 N–H and O–H groups in total. The fourth-order valence-electron chi connectivity index (χ4n) is 2.81. The molecule has 0 bridgehead atoms. The van der Waals surface area contributed by atoms with Crippen LogP contribution < -0.4 is 0 Å². The lowest BCUT2D eigenvalue weighted by Crippen LogP contribution is -1.90. The van der Waals surface area contributed by atoms with Crippen molar-refractivity contribution in [1.29, 1.82) is 0 Å². The molecule has 0 nitrogen and oxygen atoms in total. The summed E-state index contributed by atoms with van der Waals surface area (Å²) in [6, 6.07) is 0. The van der Waals surface area contributed by atoms with Gasteiger partial charge in [0, 0.05) is 0 Å². The summed E-state index contributed by atoms with van der Waals surface area (Å²) >= 11 is 0. The molecular formula is C15H26. The van der Waals surface area contributed by atoms with Crippen LogP contribution in [0, 0.1) is 0 Å². The van der Waals surface area contributed by atoms with E-state index in [2.05, 4.69) is 0 Å². The molecule has 2 aliphatic rings. The van der Waals surface area contributed by atoms with Crippen LogP contribution in [0.3, 0.4) is 0 Å². The minimum atomic E-state index is 1.44. The first kappa shape index (κ1) is 11.2. The van der Waals surface area contributed by atoms with E-state index in [-0.39, 0.29) is 0 Å². The Bertz CT molecular complexity index is 192. The average Bonchev–Trinajstić information content (AvgIpc) is 3.02. The monoisotopic (exact) mass is 206 g/mol. The lowest BCUT2D eigenvalue weighted by Gasteiger charge is -2.09. The quantitative estimate of drug-likeness (QED) is 0.467. The molecular weight excluding hydrogens is 180 g/mol. The SMILES string of the molecule is C1CCCCCC(=C2CC2)CCCCC1. The van der Waals surface area contributed by atoms with E-state index in [0.717, 1.165) is 0 Å². The second kappa shape index (κ2) is 6.35. The van der Waals surface area contributed by atoms with Crippen LogP contribution in [-0.4, -0.2) is 0 Å². The van der Waals surface area contributed by atoms with Crippen molar-refractivity contribution in [1.82, 2.24) is 0 Å². The molecule has 0 unspecified atom stereocenters. The smallest absolute Gasteiger partial charge is 0.0280 e. The van der Waals surface area contributed by atoms with Crippen molar-refractivity contribution in [2.75, 3.05) is 0 Å². The zero-order valence-corrected chi connectivity index (χ0v) is 10.2. The van der Waals surface area contributed by atoms with E-state index in [1.165, 1.54) is 83.5 Å². The van der Waals surface area contributed by atoms with E-state index in [0.29, 0.717) is 0 Å². The highest BCUT2D eigenvalue weighted by Crippen LogP contribution is 2.36. The lowest BCUT2D eigenvalue weighted by atomic mass is 9.97. The molecule has 86 valence electrons. The van der Waals surface area contributed by atoms with E-state index in [4.69, 9.17) is 0 Å². The Balaban J connectivity index is 1.77. The van der Waals surface area contributed by atoms with Gasteiger partial charge in [0.05, 0.1) is 0 Å². The van der Waals surface area contributed by atoms with Gasteiger partial charge in [0.2, 0.25) is 0 Å². The van der Waals surface area contributed by atoms with Crippen molar-refractivity contribution >= 4 is 0 Å². The predicted octanol–water partition coefficient (Wildman–Crippen LogP) is 5.38. The fraction of sp³-hybridized carbons (Fsp3) is 0.867. The zero-order chi connectivity index (χ0) is 10.3. The van der Waals surface area contributed by atoms with Crippen LogP contribution in [0.15, 0.2) is 11.1 Å². The van der Waals surface area contributed by atoms with Gasteiger partial charge in [-0.25, -0.2) is 0 Å². The average molecular weight is 206 g/mol. The molecule has 0 atom stereocenters. The molecule has 0 spiro atoms. The first-order chi connectivity index (χ1) is 7.47. The lowest BCUT2D eigenvalue weighted by molar-refractivity contribution is 0.539. The van der Waals surface area contributed by atoms with E-state index >= 15 is 0 Å². The third-order valence-electron chi connectivity index (χ3n) is 3.96. The Kier molecular flexibility index (Phi) is 4.76. The van der Waals surface area contributed by atoms with Crippen LogP contribution in [0.2, 0.25) is 0 Å². The fourth-order valence-corrected chi connectivity index (χ4v) is 2.81. The third kappa shape index (κ3) is 4.40. The van der Waals surface area contributed by atoms with Gasteiger partial charge in [0.25, 0.3) is 0 Å². The van der Waals surface area contributed by atoms with Crippen LogP contribution in [0.1, 0.15) is 83.5 Å². The van der Waals surface area contributed by atoms with Crippen LogP contribution >= 0.6 is 0 Å². The molecule has 0 saturated heterocycles. The molecule has 0 heteroatoms. The minimum Gasteiger partial charge on any atom is -0.0710 e. The molecule has 0 aromatic rings. The number of hydrogen-bond acceptors (Lipinski definition) is 0. The normalized spacial score (nSPS) is 25.6. The summed E-state index contributed by atoms with van der Waals surface area (Å²) in [6.07, 6.45) is 19.1. The number of allylic oxidation sites excluding steroid dienone is 2. The summed E-state index contributed by atoms with van der Waals surface area (Å²) in [5.41, 5.74) is 3.71. The van der Waals surface area contributed by atoms with Gasteiger partial charge >= 0.3 is 0 Å². The Morgan fingerprint density at radius 1 is 0.333 bits per heavy atom. The van der Waals surface area contributed by atoms with Gasteiger partial charge in [0.15, 0.2) is 0 Å². The Hall–Kier alpha value is -0.260. The Morgan fingerprint density at radius 2 is 0.667 bits per heavy atom. The van der Waals surface area contributed by atoms with Gasteiger partial charge in [-0.15, -0.1) is 0 Å². The van der Waals surface area contributed by atoms with Gasteiger partial charge in [-0.2, -0.15) is 0 Å². The summed E-state index contributed by atoms with van der Waals surface area (Å²) < 4.78 is 0. The van der Waals surface area contributed by atoms with Crippen molar-refractivity contribution in [3.8, 4) is 0 Å². The van der Waals surface area contributed by atoms with Gasteiger partial charge in [0.1, 0.15) is 0 Å². The molecule has 0 radical (unpaired) electrons. The van der Waals surface area contributed by atoms with Gasteiger partial charge in [-0.3, -0.25) is 0 Å². The summed E-state index contributed by atoms with van der Waals surface area (Å²) in [6.45, 7) is 0. The highest BCUT2D eigenvalue weighted by atomic mass is 14.2. The summed E-state index contributed by atoms with van der Waals surface area (Å²) in [7, 11) is 0. The predicted molar refractivity (Wildman–Crippen MR) is 67.0 cm³/mol. The third-order valence-corrected chi connectivity index (χ3v) is 3.96. The van der Waals surface area contributed by atoms with Crippen LogP contribution in [-0.2, 0) is 0 Å². The molecule has 0 heterocycles.